The van der Waals surface area contributed by atoms with Gasteiger partial charge in [0.2, 0.25) is 0 Å². The summed E-state index contributed by atoms with van der Waals surface area (Å²) >= 11 is 0. The Kier molecular flexibility index (Phi) is 47.3. The molecule has 0 saturated heterocycles. The number of carboxylic acid groups (broad SMARTS) is 1. The monoisotopic (exact) mass is 993 g/mol. The van der Waals surface area contributed by atoms with Crippen LogP contribution in [0.1, 0.15) is 133 Å². The Hall–Kier alpha value is -7.07. The van der Waals surface area contributed by atoms with E-state index in [1.165, 1.54) is 69.7 Å². The minimum atomic E-state index is -0.833. The van der Waals surface area contributed by atoms with Gasteiger partial charge in [0, 0.05) is 68.1 Å². The van der Waals surface area contributed by atoms with E-state index in [0.717, 1.165) is 66.9 Å². The van der Waals surface area contributed by atoms with Crippen molar-refractivity contribution in [1.29, 1.82) is 0 Å². The molecule has 0 aliphatic carbocycles. The number of ether oxygens (including phenoxy) is 4. The molecule has 0 spiro atoms. The number of carboxylic acids is 1. The van der Waals surface area contributed by atoms with Gasteiger partial charge in [0.1, 0.15) is 17.2 Å². The summed E-state index contributed by atoms with van der Waals surface area (Å²) in [5.41, 5.74) is 7.41. The van der Waals surface area contributed by atoms with Crippen molar-refractivity contribution in [2.45, 2.75) is 100 Å². The summed E-state index contributed by atoms with van der Waals surface area (Å²) in [6, 6.07) is 28.5. The molecule has 0 bridgehead atoms. The van der Waals surface area contributed by atoms with E-state index in [2.05, 4.69) is 180 Å². The Morgan fingerprint density at radius 3 is 1.10 bits per heavy atom. The van der Waals surface area contributed by atoms with Gasteiger partial charge in [-0.1, -0.05) is 109 Å². The van der Waals surface area contributed by atoms with E-state index < -0.39 is 11.9 Å². The van der Waals surface area contributed by atoms with Gasteiger partial charge in [-0.15, -0.1) is 52.6 Å². The topological polar surface area (TPSA) is 115 Å². The number of rotatable bonds is 24. The van der Waals surface area contributed by atoms with E-state index in [4.69, 9.17) is 24.1 Å². The number of nitrogens with zero attached hydrogens (tertiary/aromatic N) is 2. The predicted octanol–water partition coefficient (Wildman–Crippen LogP) is 16.2. The van der Waals surface area contributed by atoms with Gasteiger partial charge in [-0.2, -0.15) is 0 Å². The molecule has 1 N–H and O–H groups in total. The number of esters is 1. The summed E-state index contributed by atoms with van der Waals surface area (Å²) < 4.78 is 21.2. The Labute approximate surface area is 437 Å². The van der Waals surface area contributed by atoms with Crippen LogP contribution in [0.15, 0.2) is 138 Å². The molecule has 0 saturated carbocycles. The number of anilines is 2. The second-order valence-corrected chi connectivity index (χ2v) is 15.0. The molecule has 4 aromatic rings. The number of benzene rings is 4. The maximum absolute atomic E-state index is 11.4. The molecule has 0 fully saturated rings. The van der Waals surface area contributed by atoms with Gasteiger partial charge in [-0.25, -0.2) is 0 Å². The van der Waals surface area contributed by atoms with E-state index in [9.17, 15) is 9.59 Å². The highest BCUT2D eigenvalue weighted by Crippen LogP contribution is 2.32. The second-order valence-electron chi connectivity index (χ2n) is 15.0. The number of carbonyl (C=O) groups is 3. The molecule has 0 atom stereocenters. The van der Waals surface area contributed by atoms with Crippen molar-refractivity contribution >= 4 is 53.4 Å². The second kappa shape index (κ2) is 47.6. The van der Waals surface area contributed by atoms with Gasteiger partial charge < -0.3 is 33.9 Å². The molecule has 72 heavy (non-hydrogen) atoms. The lowest BCUT2D eigenvalue weighted by Gasteiger charge is -2.24. The number of ketones is 1. The summed E-state index contributed by atoms with van der Waals surface area (Å²) in [6.07, 6.45) is 18.3. The number of hydrogen-bond donors (Lipinski definition) is 1. The first-order valence-corrected chi connectivity index (χ1v) is 24.3. The maximum Gasteiger partial charge on any atom is 0.303 e. The Morgan fingerprint density at radius 2 is 0.833 bits per heavy atom. The molecular formula is C62H92N2O8. The van der Waals surface area contributed by atoms with Crippen LogP contribution in [0.5, 0.6) is 17.2 Å². The fraction of sp³-hybridized carbons (Fsp3) is 0.371. The standard InChI is InChI=1S/C40H56N2O2.C11H12O4.C2H4O2.4C2H4.CH4/c1-7-11-27-41(28-12-8-2)37-23-17-33(18-24-37)15-21-35-31-40(44-6)36(32-39(35)43-5)22-16-34-19-25-38(26-20-34)42(29-13-9-3)30-14-10-4;1-8(12)15-7-11(13)9-3-5-10(14-2)6-4-9;1-2(3)4;4*1-2;/h15-26,31-32H,7-14,27-30H2,1-6H3;3-6H,7H2,1-2H3;1H3,(H,3,4);4*1-2H2;1H4/b21-15+,22-16+;;;;;;;. The minimum Gasteiger partial charge on any atom is -0.497 e. The lowest BCUT2D eigenvalue weighted by molar-refractivity contribution is -0.140. The van der Waals surface area contributed by atoms with Crippen molar-refractivity contribution in [2.24, 2.45) is 0 Å². The number of aliphatic carboxylic acids is 1. The van der Waals surface area contributed by atoms with Crippen LogP contribution < -0.4 is 24.0 Å². The van der Waals surface area contributed by atoms with Crippen LogP contribution in [0.25, 0.3) is 24.3 Å². The summed E-state index contributed by atoms with van der Waals surface area (Å²) in [5, 5.41) is 7.42. The van der Waals surface area contributed by atoms with E-state index in [0.29, 0.717) is 11.3 Å². The van der Waals surface area contributed by atoms with Crippen molar-refractivity contribution in [1.82, 2.24) is 0 Å². The highest BCUT2D eigenvalue weighted by molar-refractivity contribution is 5.98. The SMILES string of the molecule is C.C=C.C=C.C=C.C=C.CC(=O)O.CCCCN(CCCC)c1ccc(/C=C/c2cc(OC)c(/C=C/c3ccc(N(CCCC)CCCC)cc3)cc2OC)cc1.COc1ccc(C(=O)COC(C)=O)cc1. The zero-order valence-electron chi connectivity index (χ0n) is 44.9. The van der Waals surface area contributed by atoms with Gasteiger partial charge in [-0.05, 0) is 97.5 Å². The van der Waals surface area contributed by atoms with E-state index in [1.807, 2.05) is 0 Å². The Bertz CT molecular complexity index is 1910. The molecule has 0 radical (unpaired) electrons. The van der Waals surface area contributed by atoms with Crippen molar-refractivity contribution in [3.8, 4) is 17.2 Å². The van der Waals surface area contributed by atoms with E-state index in [-0.39, 0.29) is 19.8 Å². The van der Waals surface area contributed by atoms with Crippen molar-refractivity contribution in [3.05, 3.63) is 165 Å². The largest absolute Gasteiger partial charge is 0.497 e. The molecule has 0 aromatic heterocycles. The van der Waals surface area contributed by atoms with Gasteiger partial charge in [-0.3, -0.25) is 14.4 Å². The molecule has 10 heteroatoms. The third-order valence-electron chi connectivity index (χ3n) is 9.95. The molecule has 0 heterocycles. The first kappa shape index (κ1) is 71.5. The molecule has 0 aliphatic rings. The van der Waals surface area contributed by atoms with Crippen molar-refractivity contribution in [3.63, 3.8) is 0 Å². The van der Waals surface area contributed by atoms with E-state index >= 15 is 0 Å². The van der Waals surface area contributed by atoms with Gasteiger partial charge in [0.05, 0.1) is 21.3 Å². The molecule has 4 aromatic carbocycles. The van der Waals surface area contributed by atoms with Crippen LogP contribution in [0.3, 0.4) is 0 Å². The van der Waals surface area contributed by atoms with Crippen molar-refractivity contribution in [2.75, 3.05) is 63.9 Å². The third kappa shape index (κ3) is 31.2. The lowest BCUT2D eigenvalue weighted by Crippen LogP contribution is -2.25. The zero-order chi connectivity index (χ0) is 54.4. The van der Waals surface area contributed by atoms with Crippen LogP contribution >= 0.6 is 0 Å². The molecule has 0 aliphatic heterocycles. The third-order valence-corrected chi connectivity index (χ3v) is 9.95. The number of carbonyl (C=O) groups excluding carboxylic acids is 2. The molecule has 0 amide bonds. The fourth-order valence-corrected chi connectivity index (χ4v) is 6.33. The van der Waals surface area contributed by atoms with Crippen molar-refractivity contribution < 1.29 is 38.4 Å². The van der Waals surface area contributed by atoms with Gasteiger partial charge in [0.15, 0.2) is 12.4 Å². The maximum atomic E-state index is 11.4. The quantitative estimate of drug-likeness (QED) is 0.0315. The normalized spacial score (nSPS) is 9.51. The van der Waals surface area contributed by atoms with Gasteiger partial charge in [0.25, 0.3) is 5.97 Å². The lowest BCUT2D eigenvalue weighted by atomic mass is 10.0. The van der Waals surface area contributed by atoms with Crippen LogP contribution in [0.4, 0.5) is 11.4 Å². The summed E-state index contributed by atoms with van der Waals surface area (Å²) in [5.74, 6) is 0.798. The Balaban J connectivity index is -0.000000682. The number of hydrogen-bond acceptors (Lipinski definition) is 9. The molecule has 4 rings (SSSR count). The number of Topliss-reactive ketones (excluding diaryl/α,β-unsaturated/α-hetero) is 1. The fourth-order valence-electron chi connectivity index (χ4n) is 6.33. The molecule has 0 unspecified atom stereocenters. The first-order chi connectivity index (χ1) is 34.4. The average Bonchev–Trinajstić information content (AvgIpc) is 3.41. The van der Waals surface area contributed by atoms with Gasteiger partial charge >= 0.3 is 5.97 Å². The minimum absolute atomic E-state index is 0. The predicted molar refractivity (Wildman–Crippen MR) is 313 cm³/mol. The first-order valence-electron chi connectivity index (χ1n) is 24.3. The number of methoxy groups -OCH3 is 3. The summed E-state index contributed by atoms with van der Waals surface area (Å²) in [6.45, 7) is 39.6. The zero-order valence-corrected chi connectivity index (χ0v) is 44.9. The Morgan fingerprint density at radius 1 is 0.514 bits per heavy atom. The van der Waals surface area contributed by atoms with Crippen LogP contribution in [-0.2, 0) is 14.3 Å². The molecule has 398 valence electrons. The molecule has 10 nitrogen and oxygen atoms in total. The highest BCUT2D eigenvalue weighted by Gasteiger charge is 2.11. The van der Waals surface area contributed by atoms with E-state index in [1.54, 1.807) is 45.6 Å². The average molecular weight is 993 g/mol. The summed E-state index contributed by atoms with van der Waals surface area (Å²) in [7, 11) is 5.00. The summed E-state index contributed by atoms with van der Waals surface area (Å²) in [4.78, 5) is 36.0. The molecular weight excluding hydrogens is 901 g/mol. The number of unbranched alkanes of at least 4 members (excludes halogenated alkanes) is 4. The van der Waals surface area contributed by atoms with Crippen LogP contribution in [0, 0.1) is 0 Å². The smallest absolute Gasteiger partial charge is 0.303 e. The highest BCUT2D eigenvalue weighted by atomic mass is 16.5. The van der Waals surface area contributed by atoms with Crippen LogP contribution in [-0.4, -0.2) is 76.9 Å². The van der Waals surface area contributed by atoms with Crippen LogP contribution in [0.2, 0.25) is 0 Å².